The van der Waals surface area contributed by atoms with Crippen LogP contribution in [0, 0.1) is 0 Å². The fourth-order valence-corrected chi connectivity index (χ4v) is 4.26. The molecule has 3 aromatic rings. The van der Waals surface area contributed by atoms with Crippen LogP contribution in [-0.2, 0) is 17.5 Å². The van der Waals surface area contributed by atoms with Gasteiger partial charge in [0.1, 0.15) is 5.82 Å². The van der Waals surface area contributed by atoms with Gasteiger partial charge in [-0.3, -0.25) is 14.2 Å². The maximum absolute atomic E-state index is 13.6. The Labute approximate surface area is 214 Å². The smallest absolute Gasteiger partial charge is 0.383 e. The number of alkyl halides is 3. The van der Waals surface area contributed by atoms with Crippen molar-refractivity contribution in [1.82, 2.24) is 14.5 Å². The van der Waals surface area contributed by atoms with Gasteiger partial charge in [0.05, 0.1) is 35.7 Å². The summed E-state index contributed by atoms with van der Waals surface area (Å²) in [6.07, 6.45) is -1.22. The van der Waals surface area contributed by atoms with Crippen LogP contribution in [-0.4, -0.2) is 47.2 Å². The number of fused-ring (bicyclic) bond motifs is 1. The van der Waals surface area contributed by atoms with Gasteiger partial charge in [-0.15, -0.1) is 0 Å². The van der Waals surface area contributed by atoms with Crippen LogP contribution >= 0.6 is 0 Å². The molecule has 200 valence electrons. The summed E-state index contributed by atoms with van der Waals surface area (Å²) in [7, 11) is 1.53. The highest BCUT2D eigenvalue weighted by atomic mass is 19.4. The van der Waals surface area contributed by atoms with Gasteiger partial charge >= 0.3 is 6.18 Å². The molecule has 0 aliphatic carbocycles. The first kappa shape index (κ1) is 28.3. The summed E-state index contributed by atoms with van der Waals surface area (Å²) in [5, 5.41) is 0.456. The van der Waals surface area contributed by atoms with Crippen LogP contribution in [0.4, 0.5) is 13.2 Å². The van der Waals surface area contributed by atoms with E-state index in [-0.39, 0.29) is 24.3 Å². The molecule has 0 saturated carbocycles. The zero-order valence-electron chi connectivity index (χ0n) is 21.1. The van der Waals surface area contributed by atoms with E-state index < -0.39 is 23.7 Å². The Bertz CT molecular complexity index is 1240. The highest BCUT2D eigenvalue weighted by molar-refractivity contribution is 5.94. The van der Waals surface area contributed by atoms with Crippen LogP contribution in [0.2, 0.25) is 0 Å². The molecule has 7 nitrogen and oxygen atoms in total. The third-order valence-electron chi connectivity index (χ3n) is 6.32. The van der Waals surface area contributed by atoms with Gasteiger partial charge in [0, 0.05) is 19.2 Å². The second-order valence-electron chi connectivity index (χ2n) is 8.89. The third-order valence-corrected chi connectivity index (χ3v) is 6.32. The first-order chi connectivity index (χ1) is 17.7. The molecule has 0 bridgehead atoms. The van der Waals surface area contributed by atoms with Crippen molar-refractivity contribution in [2.75, 3.05) is 26.8 Å². The van der Waals surface area contributed by atoms with Crippen molar-refractivity contribution in [3.8, 4) is 0 Å². The fraction of sp³-hybridized carbons (Fsp3) is 0.444. The minimum Gasteiger partial charge on any atom is -0.383 e. The number of ether oxygens (including phenoxy) is 1. The number of benzene rings is 2. The molecule has 1 unspecified atom stereocenters. The standard InChI is InChI=1S/C27H33F3N4O3/c1-19(24-32-23-10-6-5-9-22(23)26(36)34(24)17-18-37-2)33(16-8-4-3-7-15-31)25(35)20-11-13-21(14-12-20)27(28,29)30/h5-6,9-14,19H,3-4,7-8,15-18,31H2,1-2H3. The lowest BCUT2D eigenvalue weighted by Gasteiger charge is -2.31. The quantitative estimate of drug-likeness (QED) is 0.349. The molecule has 1 amide bonds. The summed E-state index contributed by atoms with van der Waals surface area (Å²) in [6.45, 7) is 3.22. The van der Waals surface area contributed by atoms with E-state index >= 15 is 0 Å². The number of unbranched alkanes of at least 4 members (excludes halogenated alkanes) is 3. The first-order valence-electron chi connectivity index (χ1n) is 12.4. The van der Waals surface area contributed by atoms with E-state index in [0.29, 0.717) is 36.2 Å². The Kier molecular flexibility index (Phi) is 9.82. The monoisotopic (exact) mass is 518 g/mol. The predicted molar refractivity (Wildman–Crippen MR) is 136 cm³/mol. The van der Waals surface area contributed by atoms with Crippen molar-refractivity contribution in [1.29, 1.82) is 0 Å². The summed E-state index contributed by atoms with van der Waals surface area (Å²) < 4.78 is 45.9. The summed E-state index contributed by atoms with van der Waals surface area (Å²) in [4.78, 5) is 33.2. The molecule has 0 aliphatic rings. The van der Waals surface area contributed by atoms with Crippen LogP contribution in [0.15, 0.2) is 53.3 Å². The van der Waals surface area contributed by atoms with E-state index in [9.17, 15) is 22.8 Å². The molecule has 2 aromatic carbocycles. The zero-order valence-corrected chi connectivity index (χ0v) is 21.1. The molecule has 1 atom stereocenters. The minimum atomic E-state index is -4.50. The molecule has 10 heteroatoms. The minimum absolute atomic E-state index is 0.133. The van der Waals surface area contributed by atoms with Crippen molar-refractivity contribution < 1.29 is 22.7 Å². The van der Waals surface area contributed by atoms with Crippen LogP contribution < -0.4 is 11.3 Å². The Morgan fingerprint density at radius 2 is 1.76 bits per heavy atom. The third kappa shape index (κ3) is 6.95. The number of hydrogen-bond donors (Lipinski definition) is 1. The Morgan fingerprint density at radius 1 is 1.08 bits per heavy atom. The second-order valence-corrected chi connectivity index (χ2v) is 8.89. The topological polar surface area (TPSA) is 90.4 Å². The van der Waals surface area contributed by atoms with Crippen molar-refractivity contribution in [3.05, 3.63) is 75.8 Å². The maximum atomic E-state index is 13.6. The number of carbonyl (C=O) groups is 1. The van der Waals surface area contributed by atoms with Gasteiger partial charge in [0.25, 0.3) is 11.5 Å². The molecule has 1 heterocycles. The number of hydrogen-bond acceptors (Lipinski definition) is 5. The molecule has 0 spiro atoms. The van der Waals surface area contributed by atoms with E-state index in [1.54, 1.807) is 36.1 Å². The zero-order chi connectivity index (χ0) is 27.0. The van der Waals surface area contributed by atoms with Gasteiger partial charge in [-0.2, -0.15) is 13.2 Å². The number of nitrogens with two attached hydrogens (primary N) is 1. The summed E-state index contributed by atoms with van der Waals surface area (Å²) in [5.41, 5.74) is 5.16. The molecule has 0 saturated heterocycles. The largest absolute Gasteiger partial charge is 0.416 e. The average Bonchev–Trinajstić information content (AvgIpc) is 2.89. The number of amides is 1. The lowest BCUT2D eigenvalue weighted by molar-refractivity contribution is -0.137. The number of carbonyl (C=O) groups excluding carboxylic acids is 1. The van der Waals surface area contributed by atoms with Gasteiger partial charge in [-0.25, -0.2) is 4.98 Å². The summed E-state index contributed by atoms with van der Waals surface area (Å²) in [5.74, 6) is -0.0382. The highest BCUT2D eigenvalue weighted by Gasteiger charge is 2.31. The molecule has 1 aromatic heterocycles. The Morgan fingerprint density at radius 3 is 2.41 bits per heavy atom. The number of para-hydroxylation sites is 1. The van der Waals surface area contributed by atoms with Crippen LogP contribution in [0.5, 0.6) is 0 Å². The predicted octanol–water partition coefficient (Wildman–Crippen LogP) is 4.78. The lowest BCUT2D eigenvalue weighted by Crippen LogP contribution is -2.39. The SMILES string of the molecule is COCCn1c(C(C)N(CCCCCCN)C(=O)c2ccc(C(F)(F)F)cc2)nc2ccccc2c1=O. The van der Waals surface area contributed by atoms with Crippen molar-refractivity contribution in [2.45, 2.75) is 51.4 Å². The van der Waals surface area contributed by atoms with Gasteiger partial charge in [-0.1, -0.05) is 25.0 Å². The molecule has 0 fully saturated rings. The van der Waals surface area contributed by atoms with E-state index in [1.165, 1.54) is 23.8 Å². The number of methoxy groups -OCH3 is 1. The van der Waals surface area contributed by atoms with Crippen LogP contribution in [0.1, 0.15) is 60.4 Å². The van der Waals surface area contributed by atoms with Gasteiger partial charge in [0.2, 0.25) is 0 Å². The van der Waals surface area contributed by atoms with Gasteiger partial charge in [-0.05, 0) is 62.7 Å². The maximum Gasteiger partial charge on any atom is 0.416 e. The van der Waals surface area contributed by atoms with Gasteiger partial charge in [0.15, 0.2) is 0 Å². The fourth-order valence-electron chi connectivity index (χ4n) is 4.26. The highest BCUT2D eigenvalue weighted by Crippen LogP contribution is 2.30. The normalized spacial score (nSPS) is 12.6. The Balaban J connectivity index is 2.01. The molecule has 0 radical (unpaired) electrons. The van der Waals surface area contributed by atoms with Crippen molar-refractivity contribution in [2.24, 2.45) is 5.73 Å². The number of halogens is 3. The summed E-state index contributed by atoms with van der Waals surface area (Å²) >= 11 is 0. The molecular formula is C27H33F3N4O3. The first-order valence-corrected chi connectivity index (χ1v) is 12.4. The Hall–Kier alpha value is -3.24. The van der Waals surface area contributed by atoms with Crippen molar-refractivity contribution >= 4 is 16.8 Å². The number of aromatic nitrogens is 2. The molecule has 0 aliphatic heterocycles. The van der Waals surface area contributed by atoms with Crippen molar-refractivity contribution in [3.63, 3.8) is 0 Å². The van der Waals surface area contributed by atoms with Crippen LogP contribution in [0.25, 0.3) is 10.9 Å². The van der Waals surface area contributed by atoms with E-state index in [0.717, 1.165) is 31.4 Å². The number of rotatable bonds is 12. The molecule has 37 heavy (non-hydrogen) atoms. The summed E-state index contributed by atoms with van der Waals surface area (Å²) in [6, 6.07) is 10.5. The molecule has 3 rings (SSSR count). The second kappa shape index (κ2) is 12.8. The number of nitrogens with zero attached hydrogens (tertiary/aromatic N) is 3. The van der Waals surface area contributed by atoms with Gasteiger partial charge < -0.3 is 15.4 Å². The van der Waals surface area contributed by atoms with E-state index in [1.807, 2.05) is 0 Å². The average molecular weight is 519 g/mol. The van der Waals surface area contributed by atoms with E-state index in [4.69, 9.17) is 15.5 Å². The lowest BCUT2D eigenvalue weighted by atomic mass is 10.1. The molecular weight excluding hydrogens is 485 g/mol. The van der Waals surface area contributed by atoms with Crippen LogP contribution in [0.3, 0.4) is 0 Å². The van der Waals surface area contributed by atoms with E-state index in [2.05, 4.69) is 0 Å². The molecule has 2 N–H and O–H groups in total.